The second kappa shape index (κ2) is 10.5. The predicted molar refractivity (Wildman–Crippen MR) is 143 cm³/mol. The highest BCUT2D eigenvalue weighted by atomic mass is 16.5. The van der Waals surface area contributed by atoms with E-state index in [1.807, 2.05) is 62.8 Å². The van der Waals surface area contributed by atoms with Gasteiger partial charge in [0.05, 0.1) is 12.6 Å². The lowest BCUT2D eigenvalue weighted by Crippen LogP contribution is -2.48. The molecule has 4 heterocycles. The molecule has 0 spiro atoms. The van der Waals surface area contributed by atoms with Gasteiger partial charge in [-0.25, -0.2) is 4.98 Å². The molecule has 0 N–H and O–H groups in total. The van der Waals surface area contributed by atoms with Crippen molar-refractivity contribution in [2.45, 2.75) is 38.9 Å². The Hall–Kier alpha value is -3.71. The third-order valence-corrected chi connectivity index (χ3v) is 7.10. The number of benzene rings is 1. The van der Waals surface area contributed by atoms with Crippen LogP contribution in [-0.4, -0.2) is 45.7 Å². The number of hydrogen-bond acceptors (Lipinski definition) is 6. The van der Waals surface area contributed by atoms with E-state index in [4.69, 9.17) is 4.74 Å². The molecule has 1 aliphatic rings. The summed E-state index contributed by atoms with van der Waals surface area (Å²) in [7, 11) is 3.66. The van der Waals surface area contributed by atoms with E-state index >= 15 is 0 Å². The molecule has 1 aromatic carbocycles. The smallest absolute Gasteiger partial charge is 0.214 e. The van der Waals surface area contributed by atoms with Crippen LogP contribution in [0.4, 0.5) is 5.69 Å². The van der Waals surface area contributed by atoms with Crippen molar-refractivity contribution in [1.82, 2.24) is 19.4 Å². The van der Waals surface area contributed by atoms with Crippen LogP contribution in [0.25, 0.3) is 10.9 Å². The number of anilines is 1. The molecule has 0 amide bonds. The van der Waals surface area contributed by atoms with Gasteiger partial charge in [0.2, 0.25) is 5.88 Å². The van der Waals surface area contributed by atoms with Crippen LogP contribution in [0.2, 0.25) is 0 Å². The summed E-state index contributed by atoms with van der Waals surface area (Å²) in [6.45, 7) is 5.25. The lowest BCUT2D eigenvalue weighted by atomic mass is 10.0. The van der Waals surface area contributed by atoms with Gasteiger partial charge in [0.25, 0.3) is 0 Å². The summed E-state index contributed by atoms with van der Waals surface area (Å²) in [4.78, 5) is 27.0. The zero-order valence-electron chi connectivity index (χ0n) is 21.2. The van der Waals surface area contributed by atoms with E-state index in [0.717, 1.165) is 60.3 Å². The van der Waals surface area contributed by atoms with E-state index in [1.165, 1.54) is 5.56 Å². The van der Waals surface area contributed by atoms with Crippen LogP contribution in [0.3, 0.4) is 0 Å². The molecule has 0 bridgehead atoms. The van der Waals surface area contributed by atoms with Gasteiger partial charge in [0.15, 0.2) is 5.43 Å². The summed E-state index contributed by atoms with van der Waals surface area (Å²) in [5.41, 5.74) is 5.23. The van der Waals surface area contributed by atoms with E-state index in [0.29, 0.717) is 18.5 Å². The van der Waals surface area contributed by atoms with Crippen molar-refractivity contribution in [1.29, 1.82) is 0 Å². The van der Waals surface area contributed by atoms with Crippen molar-refractivity contribution in [3.05, 3.63) is 94.2 Å². The molecule has 186 valence electrons. The Balaban J connectivity index is 1.47. The summed E-state index contributed by atoms with van der Waals surface area (Å²) in [5, 5.41) is 0.770. The Morgan fingerprint density at radius 3 is 2.75 bits per heavy atom. The van der Waals surface area contributed by atoms with Gasteiger partial charge in [0, 0.05) is 86.3 Å². The molecule has 0 radical (unpaired) electrons. The molecular formula is C29H33N5O2. The summed E-state index contributed by atoms with van der Waals surface area (Å²) >= 11 is 0. The Labute approximate surface area is 212 Å². The van der Waals surface area contributed by atoms with Gasteiger partial charge in [-0.05, 0) is 55.7 Å². The van der Waals surface area contributed by atoms with Gasteiger partial charge in [-0.1, -0.05) is 12.1 Å². The number of pyridine rings is 3. The average Bonchev–Trinajstić information content (AvgIpc) is 2.91. The van der Waals surface area contributed by atoms with Crippen LogP contribution in [0, 0.1) is 6.92 Å². The first kappa shape index (κ1) is 24.0. The number of para-hydroxylation sites is 1. The van der Waals surface area contributed by atoms with Gasteiger partial charge < -0.3 is 14.2 Å². The minimum absolute atomic E-state index is 0.117. The van der Waals surface area contributed by atoms with Crippen molar-refractivity contribution >= 4 is 16.6 Å². The molecular weight excluding hydrogens is 450 g/mol. The number of aryl methyl sites for hydroxylation is 2. The third kappa shape index (κ3) is 5.11. The van der Waals surface area contributed by atoms with Gasteiger partial charge in [0.1, 0.15) is 0 Å². The van der Waals surface area contributed by atoms with Crippen molar-refractivity contribution in [2.24, 2.45) is 7.05 Å². The molecule has 7 nitrogen and oxygen atoms in total. The lowest BCUT2D eigenvalue weighted by molar-refractivity contribution is 0.158. The van der Waals surface area contributed by atoms with Crippen LogP contribution in [-0.2, 0) is 20.1 Å². The maximum Gasteiger partial charge on any atom is 0.214 e. The van der Waals surface area contributed by atoms with Crippen molar-refractivity contribution in [2.75, 3.05) is 25.1 Å². The number of aromatic nitrogens is 3. The number of methoxy groups -OCH3 is 1. The zero-order valence-corrected chi connectivity index (χ0v) is 21.2. The molecule has 0 aliphatic carbocycles. The third-order valence-electron chi connectivity index (χ3n) is 7.10. The van der Waals surface area contributed by atoms with Crippen molar-refractivity contribution in [3.63, 3.8) is 0 Å². The minimum atomic E-state index is 0.117. The molecule has 1 fully saturated rings. The number of piperidine rings is 1. The number of rotatable bonds is 7. The molecule has 1 atom stereocenters. The van der Waals surface area contributed by atoms with Crippen LogP contribution in [0.5, 0.6) is 5.88 Å². The molecule has 36 heavy (non-hydrogen) atoms. The highest BCUT2D eigenvalue weighted by Gasteiger charge is 2.27. The Morgan fingerprint density at radius 2 is 1.92 bits per heavy atom. The highest BCUT2D eigenvalue weighted by molar-refractivity contribution is 5.79. The predicted octanol–water partition coefficient (Wildman–Crippen LogP) is 4.32. The first-order chi connectivity index (χ1) is 17.5. The number of fused-ring (bicyclic) bond motifs is 1. The fourth-order valence-corrected chi connectivity index (χ4v) is 5.29. The maximum atomic E-state index is 13.5. The van der Waals surface area contributed by atoms with Gasteiger partial charge in [-0.2, -0.15) is 0 Å². The largest absolute Gasteiger partial charge is 0.481 e. The van der Waals surface area contributed by atoms with Gasteiger partial charge >= 0.3 is 0 Å². The quantitative estimate of drug-likeness (QED) is 0.390. The van der Waals surface area contributed by atoms with Gasteiger partial charge in [-0.15, -0.1) is 0 Å². The normalized spacial score (nSPS) is 16.0. The standard InChI is InChI=1S/C29H33N5O2/c1-21-15-22(10-12-30-21)17-34(19-23-18-32(2)27-9-5-4-8-26(27)29(23)35)25-7-6-14-33(20-25)24-11-13-31-28(16-24)36-3/h4-5,8-13,15-16,18,25H,6-7,14,17,19-20H2,1-3H3. The molecule has 7 heteroatoms. The molecule has 3 aromatic heterocycles. The zero-order chi connectivity index (χ0) is 25.1. The maximum absolute atomic E-state index is 13.5. The first-order valence-corrected chi connectivity index (χ1v) is 12.5. The van der Waals surface area contributed by atoms with Crippen LogP contribution in [0.1, 0.15) is 29.7 Å². The van der Waals surface area contributed by atoms with Crippen molar-refractivity contribution < 1.29 is 4.74 Å². The van der Waals surface area contributed by atoms with Crippen LogP contribution >= 0.6 is 0 Å². The molecule has 5 rings (SSSR count). The lowest BCUT2D eigenvalue weighted by Gasteiger charge is -2.40. The second-order valence-corrected chi connectivity index (χ2v) is 9.62. The summed E-state index contributed by atoms with van der Waals surface area (Å²) in [6.07, 6.45) is 7.83. The average molecular weight is 484 g/mol. The Kier molecular flexibility index (Phi) is 7.00. The summed E-state index contributed by atoms with van der Waals surface area (Å²) in [6, 6.07) is 16.4. The number of nitrogens with zero attached hydrogens (tertiary/aromatic N) is 5. The summed E-state index contributed by atoms with van der Waals surface area (Å²) in [5.74, 6) is 0.624. The monoisotopic (exact) mass is 483 g/mol. The van der Waals surface area contributed by atoms with Crippen LogP contribution < -0.4 is 15.1 Å². The fourth-order valence-electron chi connectivity index (χ4n) is 5.29. The number of hydrogen-bond donors (Lipinski definition) is 0. The fraction of sp³-hybridized carbons (Fsp3) is 0.345. The van der Waals surface area contributed by atoms with E-state index in [2.05, 4.69) is 36.5 Å². The molecule has 1 saturated heterocycles. The van der Waals surface area contributed by atoms with Crippen LogP contribution in [0.15, 0.2) is 71.9 Å². The van der Waals surface area contributed by atoms with E-state index in [-0.39, 0.29) is 5.43 Å². The first-order valence-electron chi connectivity index (χ1n) is 12.5. The molecule has 4 aromatic rings. The number of ether oxygens (including phenoxy) is 1. The van der Waals surface area contributed by atoms with Crippen molar-refractivity contribution in [3.8, 4) is 5.88 Å². The van der Waals surface area contributed by atoms with E-state index < -0.39 is 0 Å². The Bertz CT molecular complexity index is 1420. The topological polar surface area (TPSA) is 63.5 Å². The second-order valence-electron chi connectivity index (χ2n) is 9.62. The molecule has 1 unspecified atom stereocenters. The highest BCUT2D eigenvalue weighted by Crippen LogP contribution is 2.26. The minimum Gasteiger partial charge on any atom is -0.481 e. The molecule has 0 saturated carbocycles. The summed E-state index contributed by atoms with van der Waals surface area (Å²) < 4.78 is 7.42. The molecule has 1 aliphatic heterocycles. The SMILES string of the molecule is COc1cc(N2CCCC(N(Cc3ccnc(C)c3)Cc3cn(C)c4ccccc4c3=O)C2)ccn1. The van der Waals surface area contributed by atoms with Gasteiger partial charge in [-0.3, -0.25) is 14.7 Å². The van der Waals surface area contributed by atoms with E-state index in [9.17, 15) is 4.79 Å². The Morgan fingerprint density at radius 1 is 1.08 bits per heavy atom. The van der Waals surface area contributed by atoms with E-state index in [1.54, 1.807) is 13.3 Å².